The molecule has 1 aromatic heterocycles. The first-order valence-corrected chi connectivity index (χ1v) is 10.8. The van der Waals surface area contributed by atoms with Crippen molar-refractivity contribution in [3.63, 3.8) is 0 Å². The Morgan fingerprint density at radius 3 is 2.37 bits per heavy atom. The highest BCUT2D eigenvalue weighted by atomic mass is 16.5. The largest absolute Gasteiger partial charge is 0.439 e. The summed E-state index contributed by atoms with van der Waals surface area (Å²) in [6.45, 7) is 5.37. The van der Waals surface area contributed by atoms with Gasteiger partial charge in [0.15, 0.2) is 0 Å². The number of carbonyl (C=O) groups is 1. The highest BCUT2D eigenvalue weighted by Gasteiger charge is 2.31. The second-order valence-corrected chi connectivity index (χ2v) is 7.92. The third-order valence-corrected chi connectivity index (χ3v) is 5.70. The number of aromatic nitrogens is 2. The fraction of sp³-hybridized carbons (Fsp3) is 0.360. The van der Waals surface area contributed by atoms with Crippen molar-refractivity contribution in [1.29, 1.82) is 0 Å². The summed E-state index contributed by atoms with van der Waals surface area (Å²) in [7, 11) is 0. The molecule has 1 aliphatic carbocycles. The van der Waals surface area contributed by atoms with Gasteiger partial charge in [-0.25, -0.2) is 4.68 Å². The SMILES string of the molecule is CCCN(Cc1c(C)nn(-c2ccccc2)c1Oc1ccccc1)C(=O)C1CCC1. The fourth-order valence-corrected chi connectivity index (χ4v) is 3.81. The number of hydrogen-bond acceptors (Lipinski definition) is 3. The van der Waals surface area contributed by atoms with E-state index >= 15 is 0 Å². The molecule has 0 radical (unpaired) electrons. The van der Waals surface area contributed by atoms with Gasteiger partial charge in [0, 0.05) is 12.5 Å². The van der Waals surface area contributed by atoms with Crippen LogP contribution in [0.5, 0.6) is 11.6 Å². The van der Waals surface area contributed by atoms with Crippen LogP contribution in [0, 0.1) is 12.8 Å². The topological polar surface area (TPSA) is 47.4 Å². The summed E-state index contributed by atoms with van der Waals surface area (Å²) in [4.78, 5) is 15.0. The molecule has 156 valence electrons. The normalized spacial score (nSPS) is 13.7. The van der Waals surface area contributed by atoms with E-state index in [-0.39, 0.29) is 11.8 Å². The first kappa shape index (κ1) is 20.2. The molecule has 0 atom stereocenters. The van der Waals surface area contributed by atoms with Gasteiger partial charge in [-0.2, -0.15) is 5.10 Å². The van der Waals surface area contributed by atoms with E-state index in [2.05, 4.69) is 6.92 Å². The lowest BCUT2D eigenvalue weighted by Gasteiger charge is -2.31. The van der Waals surface area contributed by atoms with Crippen LogP contribution in [-0.2, 0) is 11.3 Å². The van der Waals surface area contributed by atoms with Gasteiger partial charge < -0.3 is 9.64 Å². The minimum absolute atomic E-state index is 0.180. The average Bonchev–Trinajstić information content (AvgIpc) is 3.03. The number of hydrogen-bond donors (Lipinski definition) is 0. The Kier molecular flexibility index (Phi) is 6.17. The van der Waals surface area contributed by atoms with E-state index in [1.807, 2.05) is 77.2 Å². The number of para-hydroxylation sites is 2. The number of carbonyl (C=O) groups excluding carboxylic acids is 1. The van der Waals surface area contributed by atoms with Crippen molar-refractivity contribution in [1.82, 2.24) is 14.7 Å². The van der Waals surface area contributed by atoms with Crippen LogP contribution in [0.25, 0.3) is 5.69 Å². The van der Waals surface area contributed by atoms with Gasteiger partial charge in [-0.15, -0.1) is 0 Å². The molecule has 0 N–H and O–H groups in total. The molecular weight excluding hydrogens is 374 g/mol. The summed E-state index contributed by atoms with van der Waals surface area (Å²) in [6.07, 6.45) is 4.10. The van der Waals surface area contributed by atoms with Crippen molar-refractivity contribution in [2.75, 3.05) is 6.54 Å². The van der Waals surface area contributed by atoms with Crippen LogP contribution >= 0.6 is 0 Å². The van der Waals surface area contributed by atoms with E-state index in [0.29, 0.717) is 12.4 Å². The molecule has 0 saturated heterocycles. The Labute approximate surface area is 178 Å². The molecule has 1 saturated carbocycles. The third-order valence-electron chi connectivity index (χ3n) is 5.70. The Morgan fingerprint density at radius 1 is 1.10 bits per heavy atom. The second-order valence-electron chi connectivity index (χ2n) is 7.92. The predicted molar refractivity (Wildman–Crippen MR) is 118 cm³/mol. The van der Waals surface area contributed by atoms with Gasteiger partial charge in [0.2, 0.25) is 11.8 Å². The molecule has 1 fully saturated rings. The molecular formula is C25H29N3O2. The van der Waals surface area contributed by atoms with Crippen molar-refractivity contribution in [3.05, 3.63) is 71.9 Å². The smallest absolute Gasteiger partial charge is 0.227 e. The van der Waals surface area contributed by atoms with Crippen LogP contribution in [0.3, 0.4) is 0 Å². The van der Waals surface area contributed by atoms with E-state index in [0.717, 1.165) is 54.9 Å². The number of amides is 1. The lowest BCUT2D eigenvalue weighted by atomic mass is 9.84. The van der Waals surface area contributed by atoms with Gasteiger partial charge in [0.05, 0.1) is 23.5 Å². The summed E-state index contributed by atoms with van der Waals surface area (Å²) in [6, 6.07) is 19.7. The van der Waals surface area contributed by atoms with Crippen molar-refractivity contribution in [2.45, 2.75) is 46.1 Å². The Bertz CT molecular complexity index is 978. The van der Waals surface area contributed by atoms with E-state index in [1.165, 1.54) is 0 Å². The first-order chi connectivity index (χ1) is 14.7. The van der Waals surface area contributed by atoms with Gasteiger partial charge in [-0.3, -0.25) is 4.79 Å². The zero-order valence-electron chi connectivity index (χ0n) is 17.8. The molecule has 2 aromatic carbocycles. The Balaban J connectivity index is 1.72. The monoisotopic (exact) mass is 403 g/mol. The van der Waals surface area contributed by atoms with Crippen molar-refractivity contribution in [3.8, 4) is 17.3 Å². The quantitative estimate of drug-likeness (QED) is 0.498. The Morgan fingerprint density at radius 2 is 1.77 bits per heavy atom. The number of benzene rings is 2. The highest BCUT2D eigenvalue weighted by molar-refractivity contribution is 5.79. The summed E-state index contributed by atoms with van der Waals surface area (Å²) >= 11 is 0. The molecule has 0 unspecified atom stereocenters. The Hall–Kier alpha value is -3.08. The zero-order valence-corrected chi connectivity index (χ0v) is 17.8. The molecule has 30 heavy (non-hydrogen) atoms. The van der Waals surface area contributed by atoms with E-state index < -0.39 is 0 Å². The lowest BCUT2D eigenvalue weighted by Crippen LogP contribution is -2.39. The molecule has 3 aromatic rings. The minimum atomic E-state index is 0.180. The van der Waals surface area contributed by atoms with Crippen molar-refractivity contribution < 1.29 is 9.53 Å². The van der Waals surface area contributed by atoms with E-state index in [9.17, 15) is 4.79 Å². The third kappa shape index (κ3) is 4.25. The summed E-state index contributed by atoms with van der Waals surface area (Å²) < 4.78 is 8.18. The van der Waals surface area contributed by atoms with Gasteiger partial charge in [-0.1, -0.05) is 49.7 Å². The predicted octanol–water partition coefficient (Wildman–Crippen LogP) is 5.51. The van der Waals surface area contributed by atoms with Crippen LogP contribution in [0.2, 0.25) is 0 Å². The molecule has 0 spiro atoms. The highest BCUT2D eigenvalue weighted by Crippen LogP contribution is 2.33. The second kappa shape index (κ2) is 9.16. The average molecular weight is 404 g/mol. The molecule has 0 aliphatic heterocycles. The molecule has 0 bridgehead atoms. The maximum absolute atomic E-state index is 13.0. The molecule has 4 rings (SSSR count). The van der Waals surface area contributed by atoms with Gasteiger partial charge in [0.1, 0.15) is 5.75 Å². The zero-order chi connectivity index (χ0) is 20.9. The van der Waals surface area contributed by atoms with Crippen molar-refractivity contribution >= 4 is 5.91 Å². The first-order valence-electron chi connectivity index (χ1n) is 10.8. The standard InChI is InChI=1S/C25H29N3O2/c1-3-17-27(24(29)20-11-10-12-20)18-23-19(2)26-28(21-13-6-4-7-14-21)25(23)30-22-15-8-5-9-16-22/h4-9,13-16,20H,3,10-12,17-18H2,1-2H3. The summed E-state index contributed by atoms with van der Waals surface area (Å²) in [5.41, 5.74) is 2.78. The summed E-state index contributed by atoms with van der Waals surface area (Å²) in [5.74, 6) is 1.87. The van der Waals surface area contributed by atoms with Crippen LogP contribution in [-0.4, -0.2) is 27.1 Å². The van der Waals surface area contributed by atoms with E-state index in [1.54, 1.807) is 0 Å². The van der Waals surface area contributed by atoms with Gasteiger partial charge in [-0.05, 0) is 50.5 Å². The molecule has 1 amide bonds. The van der Waals surface area contributed by atoms with Crippen LogP contribution < -0.4 is 4.74 Å². The molecule has 5 heteroatoms. The summed E-state index contributed by atoms with van der Waals surface area (Å²) in [5, 5.41) is 4.78. The van der Waals surface area contributed by atoms with Crippen LogP contribution in [0.4, 0.5) is 0 Å². The fourth-order valence-electron chi connectivity index (χ4n) is 3.81. The van der Waals surface area contributed by atoms with E-state index in [4.69, 9.17) is 9.84 Å². The van der Waals surface area contributed by atoms with Crippen LogP contribution in [0.15, 0.2) is 60.7 Å². The molecule has 1 heterocycles. The number of ether oxygens (including phenoxy) is 1. The molecule has 1 aliphatic rings. The number of rotatable bonds is 8. The van der Waals surface area contributed by atoms with Gasteiger partial charge in [0.25, 0.3) is 0 Å². The maximum Gasteiger partial charge on any atom is 0.227 e. The maximum atomic E-state index is 13.0. The van der Waals surface area contributed by atoms with Crippen LogP contribution in [0.1, 0.15) is 43.9 Å². The van der Waals surface area contributed by atoms with Gasteiger partial charge >= 0.3 is 0 Å². The lowest BCUT2D eigenvalue weighted by molar-refractivity contribution is -0.138. The van der Waals surface area contributed by atoms with Crippen molar-refractivity contribution in [2.24, 2.45) is 5.92 Å². The number of nitrogens with zero attached hydrogens (tertiary/aromatic N) is 3. The minimum Gasteiger partial charge on any atom is -0.439 e. The molecule has 5 nitrogen and oxygen atoms in total. The number of aryl methyl sites for hydroxylation is 1.